The molecule has 1 unspecified atom stereocenters. The van der Waals surface area contributed by atoms with Crippen LogP contribution < -0.4 is 0 Å². The molecule has 0 saturated heterocycles. The molecule has 118 valence electrons. The Morgan fingerprint density at radius 2 is 1.95 bits per heavy atom. The maximum Gasteiger partial charge on any atom is 0.308 e. The number of carboxylic acids is 1. The van der Waals surface area contributed by atoms with Gasteiger partial charge in [-0.3, -0.25) is 4.79 Å². The summed E-state index contributed by atoms with van der Waals surface area (Å²) in [5, 5.41) is 21.4. The van der Waals surface area contributed by atoms with Crippen molar-refractivity contribution in [3.63, 3.8) is 0 Å². The molecule has 0 spiro atoms. The van der Waals surface area contributed by atoms with Crippen LogP contribution in [0.3, 0.4) is 0 Å². The van der Waals surface area contributed by atoms with E-state index in [0.29, 0.717) is 24.8 Å². The first-order chi connectivity index (χ1) is 10.1. The molecule has 0 radical (unpaired) electrons. The van der Waals surface area contributed by atoms with Crippen molar-refractivity contribution in [1.29, 1.82) is 0 Å². The SMILES string of the molecule is CC(C)CC(Cn1nnnc1C1CCCCCC1)C(=O)O. The van der Waals surface area contributed by atoms with Crippen molar-refractivity contribution in [3.8, 4) is 0 Å². The summed E-state index contributed by atoms with van der Waals surface area (Å²) in [5.41, 5.74) is 0. The van der Waals surface area contributed by atoms with E-state index in [-0.39, 0.29) is 0 Å². The second-order valence-corrected chi connectivity index (χ2v) is 6.57. The van der Waals surface area contributed by atoms with Gasteiger partial charge >= 0.3 is 5.97 Å². The molecule has 1 fully saturated rings. The standard InChI is InChI=1S/C15H26N4O2/c1-11(2)9-13(15(20)21)10-19-14(16-17-18-19)12-7-5-3-4-6-8-12/h11-13H,3-10H2,1-2H3,(H,20,21). The first-order valence-corrected chi connectivity index (χ1v) is 8.06. The van der Waals surface area contributed by atoms with Crippen LogP contribution in [0.2, 0.25) is 0 Å². The van der Waals surface area contributed by atoms with E-state index in [1.807, 2.05) is 13.8 Å². The maximum atomic E-state index is 11.4. The lowest BCUT2D eigenvalue weighted by Gasteiger charge is -2.18. The third kappa shape index (κ3) is 4.51. The number of tetrazole rings is 1. The quantitative estimate of drug-likeness (QED) is 0.816. The third-order valence-corrected chi connectivity index (χ3v) is 4.28. The molecular weight excluding hydrogens is 268 g/mol. The molecule has 1 aliphatic rings. The van der Waals surface area contributed by atoms with Crippen molar-refractivity contribution in [1.82, 2.24) is 20.2 Å². The zero-order valence-corrected chi connectivity index (χ0v) is 13.0. The molecule has 1 aliphatic carbocycles. The average Bonchev–Trinajstić information content (AvgIpc) is 2.71. The second kappa shape index (κ2) is 7.52. The van der Waals surface area contributed by atoms with Crippen molar-refractivity contribution in [3.05, 3.63) is 5.82 Å². The minimum Gasteiger partial charge on any atom is -0.481 e. The molecule has 1 aromatic heterocycles. The van der Waals surface area contributed by atoms with Crippen LogP contribution >= 0.6 is 0 Å². The van der Waals surface area contributed by atoms with Gasteiger partial charge in [0.1, 0.15) is 0 Å². The highest BCUT2D eigenvalue weighted by molar-refractivity contribution is 5.69. The number of aromatic nitrogens is 4. The van der Waals surface area contributed by atoms with Gasteiger partial charge in [-0.1, -0.05) is 39.5 Å². The maximum absolute atomic E-state index is 11.4. The van der Waals surface area contributed by atoms with Crippen molar-refractivity contribution >= 4 is 5.97 Å². The lowest BCUT2D eigenvalue weighted by atomic mass is 9.96. The fourth-order valence-corrected chi connectivity index (χ4v) is 3.20. The summed E-state index contributed by atoms with van der Waals surface area (Å²) in [6.07, 6.45) is 7.87. The predicted molar refractivity (Wildman–Crippen MR) is 78.8 cm³/mol. The Kier molecular flexibility index (Phi) is 5.70. The van der Waals surface area contributed by atoms with E-state index in [0.717, 1.165) is 18.7 Å². The van der Waals surface area contributed by atoms with E-state index in [1.54, 1.807) is 4.68 Å². The van der Waals surface area contributed by atoms with Crippen molar-refractivity contribution < 1.29 is 9.90 Å². The van der Waals surface area contributed by atoms with Crippen LogP contribution in [0.25, 0.3) is 0 Å². The summed E-state index contributed by atoms with van der Waals surface area (Å²) in [5.74, 6) is 0.441. The minimum atomic E-state index is -0.758. The van der Waals surface area contributed by atoms with E-state index in [2.05, 4.69) is 15.5 Å². The Hall–Kier alpha value is -1.46. The number of nitrogens with zero attached hydrogens (tertiary/aromatic N) is 4. The topological polar surface area (TPSA) is 80.9 Å². The van der Waals surface area contributed by atoms with Crippen molar-refractivity contribution in [2.45, 2.75) is 71.3 Å². The lowest BCUT2D eigenvalue weighted by Crippen LogP contribution is -2.24. The predicted octanol–water partition coefficient (Wildman–Crippen LogP) is 2.86. The number of hydrogen-bond donors (Lipinski definition) is 1. The van der Waals surface area contributed by atoms with Gasteiger partial charge < -0.3 is 5.11 Å². The normalized spacial score (nSPS) is 18.6. The zero-order valence-electron chi connectivity index (χ0n) is 13.0. The second-order valence-electron chi connectivity index (χ2n) is 6.57. The summed E-state index contributed by atoms with van der Waals surface area (Å²) in [7, 11) is 0. The Labute approximate surface area is 125 Å². The molecule has 21 heavy (non-hydrogen) atoms. The van der Waals surface area contributed by atoms with Gasteiger partial charge in [0.05, 0.1) is 12.5 Å². The number of aliphatic carboxylic acids is 1. The summed E-state index contributed by atoms with van der Waals surface area (Å²) >= 11 is 0. The van der Waals surface area contributed by atoms with Crippen molar-refractivity contribution in [2.75, 3.05) is 0 Å². The van der Waals surface area contributed by atoms with Crippen LogP contribution in [0.15, 0.2) is 0 Å². The van der Waals surface area contributed by atoms with E-state index in [9.17, 15) is 9.90 Å². The first kappa shape index (κ1) is 15.9. The first-order valence-electron chi connectivity index (χ1n) is 8.06. The molecule has 0 bridgehead atoms. The van der Waals surface area contributed by atoms with E-state index in [4.69, 9.17) is 0 Å². The summed E-state index contributed by atoms with van der Waals surface area (Å²) in [6, 6.07) is 0. The van der Waals surface area contributed by atoms with Crippen LogP contribution in [0.1, 0.15) is 70.5 Å². The molecule has 0 amide bonds. The smallest absolute Gasteiger partial charge is 0.308 e. The summed E-state index contributed by atoms with van der Waals surface area (Å²) in [4.78, 5) is 11.4. The summed E-state index contributed by atoms with van der Waals surface area (Å²) in [6.45, 7) is 4.47. The largest absolute Gasteiger partial charge is 0.481 e. The van der Waals surface area contributed by atoms with E-state index >= 15 is 0 Å². The van der Waals surface area contributed by atoms with E-state index in [1.165, 1.54) is 25.7 Å². The average molecular weight is 294 g/mol. The van der Waals surface area contributed by atoms with Crippen LogP contribution in [0.4, 0.5) is 0 Å². The third-order valence-electron chi connectivity index (χ3n) is 4.28. The van der Waals surface area contributed by atoms with Crippen LogP contribution in [0.5, 0.6) is 0 Å². The zero-order chi connectivity index (χ0) is 15.2. The number of rotatable bonds is 6. The fraction of sp³-hybridized carbons (Fsp3) is 0.867. The Morgan fingerprint density at radius 3 is 2.52 bits per heavy atom. The molecule has 0 aliphatic heterocycles. The Morgan fingerprint density at radius 1 is 1.29 bits per heavy atom. The molecule has 0 aromatic carbocycles. The molecule has 1 heterocycles. The highest BCUT2D eigenvalue weighted by atomic mass is 16.4. The van der Waals surface area contributed by atoms with Gasteiger partial charge in [-0.2, -0.15) is 0 Å². The fourth-order valence-electron chi connectivity index (χ4n) is 3.20. The van der Waals surface area contributed by atoms with Gasteiger partial charge in [0.25, 0.3) is 0 Å². The highest BCUT2D eigenvalue weighted by Crippen LogP contribution is 2.30. The minimum absolute atomic E-state index is 0.351. The number of carbonyl (C=O) groups is 1. The molecule has 1 saturated carbocycles. The number of carboxylic acid groups (broad SMARTS) is 1. The van der Waals surface area contributed by atoms with Gasteiger partial charge in [-0.25, -0.2) is 4.68 Å². The monoisotopic (exact) mass is 294 g/mol. The molecule has 6 heteroatoms. The van der Waals surface area contributed by atoms with Gasteiger partial charge in [-0.15, -0.1) is 5.10 Å². The molecule has 2 rings (SSSR count). The molecule has 1 N–H and O–H groups in total. The molecule has 1 aromatic rings. The van der Waals surface area contributed by atoms with Crippen LogP contribution in [-0.4, -0.2) is 31.3 Å². The highest BCUT2D eigenvalue weighted by Gasteiger charge is 2.25. The Balaban J connectivity index is 2.09. The van der Waals surface area contributed by atoms with Crippen LogP contribution in [0, 0.1) is 11.8 Å². The summed E-state index contributed by atoms with van der Waals surface area (Å²) < 4.78 is 1.73. The van der Waals surface area contributed by atoms with Gasteiger partial charge in [0.2, 0.25) is 0 Å². The van der Waals surface area contributed by atoms with E-state index < -0.39 is 11.9 Å². The lowest BCUT2D eigenvalue weighted by molar-refractivity contribution is -0.142. The molecule has 6 nitrogen and oxygen atoms in total. The molecular formula is C15H26N4O2. The van der Waals surface area contributed by atoms with Crippen molar-refractivity contribution in [2.24, 2.45) is 11.8 Å². The Bertz CT molecular complexity index is 450. The van der Waals surface area contributed by atoms with Gasteiger partial charge in [0.15, 0.2) is 5.82 Å². The number of hydrogen-bond acceptors (Lipinski definition) is 4. The van der Waals surface area contributed by atoms with Crippen LogP contribution in [-0.2, 0) is 11.3 Å². The van der Waals surface area contributed by atoms with Gasteiger partial charge in [0, 0.05) is 5.92 Å². The van der Waals surface area contributed by atoms with Gasteiger partial charge in [-0.05, 0) is 35.6 Å². The molecule has 1 atom stereocenters.